The number of hydrogen-bond donors (Lipinski definition) is 3. The van der Waals surface area contributed by atoms with E-state index in [1.165, 1.54) is 167 Å². The average molecular weight is 845 g/mol. The smallest absolute Gasteiger partial charge is 0.326 e. The van der Waals surface area contributed by atoms with E-state index in [1.807, 2.05) is 0 Å². The minimum Gasteiger partial charge on any atom is -0.480 e. The molecule has 0 aliphatic heterocycles. The number of unbranched alkanes of at least 4 members (excludes halogenated alkanes) is 30. The summed E-state index contributed by atoms with van der Waals surface area (Å²) in [6, 6.07) is -0.858. The van der Waals surface area contributed by atoms with Gasteiger partial charge >= 0.3 is 11.9 Å². The molecule has 0 aliphatic carbocycles. The summed E-state index contributed by atoms with van der Waals surface area (Å²) in [4.78, 5) is 36.5. The minimum absolute atomic E-state index is 0.0174. The zero-order chi connectivity index (χ0) is 43.8. The standard InChI is InChI=1S/C53H100N2O5/c1-3-5-7-9-11-13-15-17-18-19-20-21-22-23-24-26-28-30-32-37-41-47-52(57)60-49(43-38-34-31-29-27-25-16-14-12-10-8-6-4-2)44-39-35-33-36-40-46-51(56)55-50(53(58)59)45-42-48-54/h19-20,29,31,49-50H,3-18,21-28,30,32-48,54H2,1-2H3,(H,55,56)(H,58,59)/b20-19-,31-29-. The fourth-order valence-corrected chi connectivity index (χ4v) is 8.04. The van der Waals surface area contributed by atoms with Crippen LogP contribution in [0.4, 0.5) is 0 Å². The normalized spacial score (nSPS) is 12.7. The van der Waals surface area contributed by atoms with Crippen molar-refractivity contribution in [2.24, 2.45) is 5.73 Å². The van der Waals surface area contributed by atoms with E-state index in [0.717, 1.165) is 70.6 Å². The van der Waals surface area contributed by atoms with Crippen molar-refractivity contribution in [2.75, 3.05) is 6.54 Å². The van der Waals surface area contributed by atoms with Gasteiger partial charge in [0.1, 0.15) is 12.1 Å². The van der Waals surface area contributed by atoms with Crippen molar-refractivity contribution >= 4 is 17.8 Å². The van der Waals surface area contributed by atoms with Gasteiger partial charge in [-0.15, -0.1) is 0 Å². The van der Waals surface area contributed by atoms with E-state index in [-0.39, 0.29) is 18.0 Å². The van der Waals surface area contributed by atoms with Gasteiger partial charge in [-0.1, -0.05) is 192 Å². The van der Waals surface area contributed by atoms with Gasteiger partial charge in [0.15, 0.2) is 0 Å². The monoisotopic (exact) mass is 845 g/mol. The van der Waals surface area contributed by atoms with Crippen LogP contribution in [-0.4, -0.2) is 41.6 Å². The van der Waals surface area contributed by atoms with Gasteiger partial charge in [-0.2, -0.15) is 0 Å². The summed E-state index contributed by atoms with van der Waals surface area (Å²) >= 11 is 0. The van der Waals surface area contributed by atoms with Crippen LogP contribution in [0.2, 0.25) is 0 Å². The quantitative estimate of drug-likeness (QED) is 0.0319. The van der Waals surface area contributed by atoms with Crippen molar-refractivity contribution in [3.05, 3.63) is 24.3 Å². The van der Waals surface area contributed by atoms with E-state index in [4.69, 9.17) is 10.5 Å². The SMILES string of the molecule is CCCCCCCCCC/C=C\CCCCCCCCCCCC(=O)OC(CCC/C=C\CCCCCCCCCC)CCCCCCCC(=O)NC(CCCN)C(=O)O. The number of carboxylic acids is 1. The summed E-state index contributed by atoms with van der Waals surface area (Å²) in [7, 11) is 0. The van der Waals surface area contributed by atoms with Crippen LogP contribution in [0.1, 0.15) is 277 Å². The molecule has 0 aromatic carbocycles. The summed E-state index contributed by atoms with van der Waals surface area (Å²) in [5.41, 5.74) is 5.50. The molecule has 4 N–H and O–H groups in total. The van der Waals surface area contributed by atoms with E-state index in [2.05, 4.69) is 43.5 Å². The van der Waals surface area contributed by atoms with Gasteiger partial charge in [-0.3, -0.25) is 9.59 Å². The Hall–Kier alpha value is -2.15. The first-order chi connectivity index (χ1) is 29.4. The van der Waals surface area contributed by atoms with Gasteiger partial charge in [-0.25, -0.2) is 4.79 Å². The van der Waals surface area contributed by atoms with Crippen molar-refractivity contribution in [2.45, 2.75) is 289 Å². The highest BCUT2D eigenvalue weighted by Gasteiger charge is 2.19. The van der Waals surface area contributed by atoms with Crippen LogP contribution < -0.4 is 11.1 Å². The third kappa shape index (κ3) is 43.9. The fourth-order valence-electron chi connectivity index (χ4n) is 8.04. The summed E-state index contributed by atoms with van der Waals surface area (Å²) in [6.45, 7) is 4.97. The Bertz CT molecular complexity index is 998. The molecule has 0 aromatic heterocycles. The number of aliphatic carboxylic acids is 1. The molecule has 2 unspecified atom stereocenters. The number of carboxylic acid groups (broad SMARTS) is 1. The third-order valence-corrected chi connectivity index (χ3v) is 12.0. The van der Waals surface area contributed by atoms with Crippen molar-refractivity contribution < 1.29 is 24.2 Å². The lowest BCUT2D eigenvalue weighted by Crippen LogP contribution is -2.40. The Labute approximate surface area is 372 Å². The largest absolute Gasteiger partial charge is 0.480 e. The topological polar surface area (TPSA) is 119 Å². The Kier molecular flexibility index (Phi) is 46.2. The predicted molar refractivity (Wildman–Crippen MR) is 257 cm³/mol. The summed E-state index contributed by atoms with van der Waals surface area (Å²) in [5, 5.41) is 12.0. The highest BCUT2D eigenvalue weighted by molar-refractivity contribution is 5.83. The Morgan fingerprint density at radius 3 is 1.27 bits per heavy atom. The van der Waals surface area contributed by atoms with Crippen molar-refractivity contribution in [3.63, 3.8) is 0 Å². The molecule has 0 spiro atoms. The third-order valence-electron chi connectivity index (χ3n) is 12.0. The molecule has 0 aromatic rings. The number of carbonyl (C=O) groups excluding carboxylic acids is 2. The second-order valence-electron chi connectivity index (χ2n) is 17.9. The van der Waals surface area contributed by atoms with Gasteiger partial charge in [0, 0.05) is 12.8 Å². The lowest BCUT2D eigenvalue weighted by molar-refractivity contribution is -0.150. The first-order valence-electron chi connectivity index (χ1n) is 26.2. The maximum atomic E-state index is 12.9. The molecular weight excluding hydrogens is 745 g/mol. The highest BCUT2D eigenvalue weighted by Crippen LogP contribution is 2.19. The number of hydrogen-bond acceptors (Lipinski definition) is 5. The van der Waals surface area contributed by atoms with E-state index >= 15 is 0 Å². The molecular formula is C53H100N2O5. The second-order valence-corrected chi connectivity index (χ2v) is 17.9. The molecule has 0 heterocycles. The molecule has 2 atom stereocenters. The Morgan fingerprint density at radius 2 is 0.833 bits per heavy atom. The van der Waals surface area contributed by atoms with Crippen LogP contribution in [0.5, 0.6) is 0 Å². The average Bonchev–Trinajstić information content (AvgIpc) is 3.23. The lowest BCUT2D eigenvalue weighted by atomic mass is 10.0. The molecule has 0 aliphatic rings. The van der Waals surface area contributed by atoms with Crippen LogP contribution in [0.3, 0.4) is 0 Å². The molecule has 0 rings (SSSR count). The number of nitrogens with one attached hydrogen (secondary N) is 1. The maximum Gasteiger partial charge on any atom is 0.326 e. The molecule has 352 valence electrons. The molecule has 7 nitrogen and oxygen atoms in total. The van der Waals surface area contributed by atoms with Crippen molar-refractivity contribution in [1.29, 1.82) is 0 Å². The molecule has 0 bridgehead atoms. The molecule has 0 radical (unpaired) electrons. The number of amides is 1. The van der Waals surface area contributed by atoms with E-state index in [0.29, 0.717) is 32.2 Å². The molecule has 0 fully saturated rings. The van der Waals surface area contributed by atoms with E-state index in [9.17, 15) is 19.5 Å². The van der Waals surface area contributed by atoms with Gasteiger partial charge in [0.2, 0.25) is 5.91 Å². The maximum absolute atomic E-state index is 12.9. The lowest BCUT2D eigenvalue weighted by Gasteiger charge is -2.18. The number of allylic oxidation sites excluding steroid dienone is 4. The fraction of sp³-hybridized carbons (Fsp3) is 0.868. The number of esters is 1. The number of carbonyl (C=O) groups is 3. The summed E-state index contributed by atoms with van der Waals surface area (Å²) in [6.07, 6.45) is 56.7. The molecule has 0 saturated carbocycles. The molecule has 60 heavy (non-hydrogen) atoms. The summed E-state index contributed by atoms with van der Waals surface area (Å²) < 4.78 is 6.07. The first kappa shape index (κ1) is 57.9. The van der Waals surface area contributed by atoms with Crippen LogP contribution in [0.25, 0.3) is 0 Å². The van der Waals surface area contributed by atoms with Crippen molar-refractivity contribution in [1.82, 2.24) is 5.32 Å². The van der Waals surface area contributed by atoms with Crippen LogP contribution in [0, 0.1) is 0 Å². The number of ether oxygens (including phenoxy) is 1. The first-order valence-corrected chi connectivity index (χ1v) is 26.2. The predicted octanol–water partition coefficient (Wildman–Crippen LogP) is 15.6. The van der Waals surface area contributed by atoms with Gasteiger partial charge < -0.3 is 20.9 Å². The van der Waals surface area contributed by atoms with E-state index in [1.54, 1.807) is 0 Å². The Morgan fingerprint density at radius 1 is 0.467 bits per heavy atom. The van der Waals surface area contributed by atoms with Crippen LogP contribution in [-0.2, 0) is 19.1 Å². The minimum atomic E-state index is -1.00. The van der Waals surface area contributed by atoms with Gasteiger partial charge in [0.25, 0.3) is 0 Å². The zero-order valence-corrected chi connectivity index (χ0v) is 39.8. The number of rotatable bonds is 48. The Balaban J connectivity index is 4.24. The molecule has 1 amide bonds. The zero-order valence-electron chi connectivity index (χ0n) is 39.8. The van der Waals surface area contributed by atoms with E-state index < -0.39 is 12.0 Å². The van der Waals surface area contributed by atoms with Crippen LogP contribution >= 0.6 is 0 Å². The summed E-state index contributed by atoms with van der Waals surface area (Å²) in [5.74, 6) is -1.24. The highest BCUT2D eigenvalue weighted by atomic mass is 16.5. The van der Waals surface area contributed by atoms with Gasteiger partial charge in [-0.05, 0) is 103 Å². The van der Waals surface area contributed by atoms with Gasteiger partial charge in [0.05, 0.1) is 0 Å². The van der Waals surface area contributed by atoms with Crippen LogP contribution in [0.15, 0.2) is 24.3 Å². The van der Waals surface area contributed by atoms with Crippen molar-refractivity contribution in [3.8, 4) is 0 Å². The molecule has 7 heteroatoms. The molecule has 0 saturated heterocycles. The second kappa shape index (κ2) is 47.9. The number of nitrogens with two attached hydrogens (primary N) is 1.